The van der Waals surface area contributed by atoms with Crippen molar-refractivity contribution in [3.05, 3.63) is 47.6 Å². The van der Waals surface area contributed by atoms with E-state index in [9.17, 15) is 0 Å². The van der Waals surface area contributed by atoms with E-state index in [1.165, 1.54) is 6.20 Å². The molecule has 0 saturated carbocycles. The van der Waals surface area contributed by atoms with Gasteiger partial charge in [0.05, 0.1) is 12.1 Å². The maximum absolute atomic E-state index is 5.73. The van der Waals surface area contributed by atoms with Crippen LogP contribution in [-0.4, -0.2) is 12.1 Å². The Hall–Kier alpha value is -1.74. The van der Waals surface area contributed by atoms with E-state index in [1.54, 1.807) is 19.2 Å². The van der Waals surface area contributed by atoms with E-state index < -0.39 is 0 Å². The molecule has 4 heteroatoms. The first-order chi connectivity index (χ1) is 7.79. The van der Waals surface area contributed by atoms with E-state index in [0.29, 0.717) is 22.4 Å². The number of aromatic nitrogens is 1. The lowest BCUT2D eigenvalue weighted by Gasteiger charge is -2.08. The first-order valence-electron chi connectivity index (χ1n) is 4.72. The summed E-state index contributed by atoms with van der Waals surface area (Å²) < 4.78 is 10.7. The van der Waals surface area contributed by atoms with Gasteiger partial charge in [-0.1, -0.05) is 23.7 Å². The van der Waals surface area contributed by atoms with Crippen molar-refractivity contribution in [2.24, 2.45) is 0 Å². The van der Waals surface area contributed by atoms with Gasteiger partial charge in [0, 0.05) is 12.3 Å². The van der Waals surface area contributed by atoms with E-state index >= 15 is 0 Å². The molecule has 16 heavy (non-hydrogen) atoms. The Bertz CT molecular complexity index is 471. The summed E-state index contributed by atoms with van der Waals surface area (Å²) in [5.41, 5.74) is 0. The van der Waals surface area contributed by atoms with E-state index in [2.05, 4.69) is 4.98 Å². The SMILES string of the molecule is COc1ccccc1Oc1ccc(Cl)cn1. The fourth-order valence-electron chi connectivity index (χ4n) is 1.24. The minimum Gasteiger partial charge on any atom is -0.493 e. The van der Waals surface area contributed by atoms with Crippen LogP contribution in [0.2, 0.25) is 5.02 Å². The molecule has 0 spiro atoms. The van der Waals surface area contributed by atoms with Gasteiger partial charge in [-0.05, 0) is 18.2 Å². The topological polar surface area (TPSA) is 31.4 Å². The molecule has 0 aliphatic heterocycles. The number of ether oxygens (including phenoxy) is 2. The van der Waals surface area contributed by atoms with Crippen LogP contribution in [0.3, 0.4) is 0 Å². The van der Waals surface area contributed by atoms with Crippen molar-refractivity contribution in [2.45, 2.75) is 0 Å². The van der Waals surface area contributed by atoms with E-state index in [-0.39, 0.29) is 0 Å². The summed E-state index contributed by atoms with van der Waals surface area (Å²) in [5.74, 6) is 1.77. The largest absolute Gasteiger partial charge is 0.493 e. The Morgan fingerprint density at radius 2 is 1.81 bits per heavy atom. The van der Waals surface area contributed by atoms with Gasteiger partial charge in [0.1, 0.15) is 0 Å². The highest BCUT2D eigenvalue weighted by molar-refractivity contribution is 6.30. The second kappa shape index (κ2) is 4.86. The zero-order chi connectivity index (χ0) is 11.4. The number of benzene rings is 1. The molecule has 1 aromatic heterocycles. The molecule has 2 rings (SSSR count). The molecule has 0 aliphatic rings. The standard InChI is InChI=1S/C12H10ClNO2/c1-15-10-4-2-3-5-11(10)16-12-7-6-9(13)8-14-12/h2-8H,1H3. The number of nitrogens with zero attached hydrogens (tertiary/aromatic N) is 1. The molecule has 3 nitrogen and oxygen atoms in total. The lowest BCUT2D eigenvalue weighted by atomic mass is 10.3. The van der Waals surface area contributed by atoms with Crippen molar-refractivity contribution in [2.75, 3.05) is 7.11 Å². The average molecular weight is 236 g/mol. The van der Waals surface area contributed by atoms with Crippen LogP contribution in [-0.2, 0) is 0 Å². The number of pyridine rings is 1. The molecule has 0 atom stereocenters. The number of hydrogen-bond donors (Lipinski definition) is 0. The number of halogens is 1. The highest BCUT2D eigenvalue weighted by atomic mass is 35.5. The van der Waals surface area contributed by atoms with E-state index in [0.717, 1.165) is 0 Å². The van der Waals surface area contributed by atoms with Crippen LogP contribution in [0, 0.1) is 0 Å². The monoisotopic (exact) mass is 235 g/mol. The summed E-state index contributed by atoms with van der Waals surface area (Å²) in [4.78, 5) is 4.04. The van der Waals surface area contributed by atoms with Crippen LogP contribution in [0.25, 0.3) is 0 Å². The zero-order valence-electron chi connectivity index (χ0n) is 8.68. The van der Waals surface area contributed by atoms with Gasteiger partial charge < -0.3 is 9.47 Å². The fourth-order valence-corrected chi connectivity index (χ4v) is 1.35. The molecule has 1 aromatic carbocycles. The van der Waals surface area contributed by atoms with Gasteiger partial charge in [-0.3, -0.25) is 0 Å². The first-order valence-corrected chi connectivity index (χ1v) is 5.10. The molecule has 82 valence electrons. The van der Waals surface area contributed by atoms with Crippen LogP contribution < -0.4 is 9.47 Å². The Kier molecular flexibility index (Phi) is 3.27. The molecule has 0 fully saturated rings. The molecular formula is C12H10ClNO2. The third kappa shape index (κ3) is 2.44. The van der Waals surface area contributed by atoms with Gasteiger partial charge in [0.25, 0.3) is 0 Å². The number of methoxy groups -OCH3 is 1. The average Bonchev–Trinajstić information content (AvgIpc) is 2.33. The van der Waals surface area contributed by atoms with Crippen LogP contribution in [0.1, 0.15) is 0 Å². The Balaban J connectivity index is 2.23. The van der Waals surface area contributed by atoms with Crippen molar-refractivity contribution < 1.29 is 9.47 Å². The lowest BCUT2D eigenvalue weighted by Crippen LogP contribution is -1.91. The summed E-state index contributed by atoms with van der Waals surface area (Å²) >= 11 is 5.73. The minimum absolute atomic E-state index is 0.480. The molecule has 0 aliphatic carbocycles. The second-order valence-electron chi connectivity index (χ2n) is 3.07. The molecule has 2 aromatic rings. The summed E-state index contributed by atoms with van der Waals surface area (Å²) in [7, 11) is 1.59. The lowest BCUT2D eigenvalue weighted by molar-refractivity contribution is 0.374. The molecule has 0 N–H and O–H groups in total. The summed E-state index contributed by atoms with van der Waals surface area (Å²) in [6.07, 6.45) is 1.53. The third-order valence-corrected chi connectivity index (χ3v) is 2.21. The maximum atomic E-state index is 5.73. The Morgan fingerprint density at radius 1 is 1.06 bits per heavy atom. The van der Waals surface area contributed by atoms with Crippen molar-refractivity contribution >= 4 is 11.6 Å². The second-order valence-corrected chi connectivity index (χ2v) is 3.50. The van der Waals surface area contributed by atoms with Gasteiger partial charge in [-0.25, -0.2) is 4.98 Å². The minimum atomic E-state index is 0.480. The molecular weight excluding hydrogens is 226 g/mol. The predicted molar refractivity (Wildman–Crippen MR) is 62.3 cm³/mol. The van der Waals surface area contributed by atoms with Crippen LogP contribution in [0.15, 0.2) is 42.6 Å². The first kappa shape index (κ1) is 10.8. The smallest absolute Gasteiger partial charge is 0.219 e. The zero-order valence-corrected chi connectivity index (χ0v) is 9.44. The van der Waals surface area contributed by atoms with Crippen LogP contribution in [0.5, 0.6) is 17.4 Å². The van der Waals surface area contributed by atoms with Crippen molar-refractivity contribution in [1.82, 2.24) is 4.98 Å². The molecule has 0 saturated heterocycles. The molecule has 0 unspecified atom stereocenters. The van der Waals surface area contributed by atoms with Crippen LogP contribution >= 0.6 is 11.6 Å². The van der Waals surface area contributed by atoms with Gasteiger partial charge in [0.2, 0.25) is 5.88 Å². The van der Waals surface area contributed by atoms with Gasteiger partial charge >= 0.3 is 0 Å². The Morgan fingerprint density at radius 3 is 2.44 bits per heavy atom. The highest BCUT2D eigenvalue weighted by Crippen LogP contribution is 2.29. The van der Waals surface area contributed by atoms with Gasteiger partial charge in [0.15, 0.2) is 11.5 Å². The van der Waals surface area contributed by atoms with Crippen LogP contribution in [0.4, 0.5) is 0 Å². The number of rotatable bonds is 3. The van der Waals surface area contributed by atoms with Gasteiger partial charge in [-0.15, -0.1) is 0 Å². The molecule has 1 heterocycles. The summed E-state index contributed by atoms with van der Waals surface area (Å²) in [6, 6.07) is 10.8. The van der Waals surface area contributed by atoms with Crippen molar-refractivity contribution in [3.63, 3.8) is 0 Å². The Labute approximate surface area is 98.6 Å². The van der Waals surface area contributed by atoms with E-state index in [1.807, 2.05) is 24.3 Å². The maximum Gasteiger partial charge on any atom is 0.219 e. The number of para-hydroxylation sites is 2. The molecule has 0 bridgehead atoms. The highest BCUT2D eigenvalue weighted by Gasteiger charge is 2.04. The third-order valence-electron chi connectivity index (χ3n) is 1.98. The molecule has 0 radical (unpaired) electrons. The van der Waals surface area contributed by atoms with Gasteiger partial charge in [-0.2, -0.15) is 0 Å². The van der Waals surface area contributed by atoms with Crippen molar-refractivity contribution in [3.8, 4) is 17.4 Å². The van der Waals surface area contributed by atoms with E-state index in [4.69, 9.17) is 21.1 Å². The van der Waals surface area contributed by atoms with Crippen molar-refractivity contribution in [1.29, 1.82) is 0 Å². The summed E-state index contributed by atoms with van der Waals surface area (Å²) in [6.45, 7) is 0. The predicted octanol–water partition coefficient (Wildman–Crippen LogP) is 3.54. The molecule has 0 amide bonds. The normalized spacial score (nSPS) is 9.88. The summed E-state index contributed by atoms with van der Waals surface area (Å²) in [5, 5.41) is 0.576. The number of hydrogen-bond acceptors (Lipinski definition) is 3. The fraction of sp³-hybridized carbons (Fsp3) is 0.0833. The quantitative estimate of drug-likeness (QED) is 0.816.